The minimum atomic E-state index is -3.66. The topological polar surface area (TPSA) is 75.5 Å². The largest absolute Gasteiger partial charge is 0.288 e. The fourth-order valence-electron chi connectivity index (χ4n) is 5.40. The number of sulfonamides is 1. The summed E-state index contributed by atoms with van der Waals surface area (Å²) in [5.41, 5.74) is 4.93. The predicted octanol–water partition coefficient (Wildman–Crippen LogP) is 6.67. The number of carbonyl (C=O) groups is 1. The van der Waals surface area contributed by atoms with Gasteiger partial charge in [0.05, 0.1) is 22.0 Å². The van der Waals surface area contributed by atoms with E-state index >= 15 is 0 Å². The molecule has 2 fully saturated rings. The zero-order chi connectivity index (χ0) is 30.1. The molecule has 4 aromatic rings. The van der Waals surface area contributed by atoms with E-state index in [1.54, 1.807) is 32.1 Å². The summed E-state index contributed by atoms with van der Waals surface area (Å²) in [5, 5.41) is 4.88. The van der Waals surface area contributed by atoms with Crippen LogP contribution in [0, 0.1) is 12.8 Å². The normalized spacial score (nSPS) is 19.0. The average molecular weight is 629 g/mol. The number of rotatable bonds is 7. The van der Waals surface area contributed by atoms with Crippen molar-refractivity contribution in [3.05, 3.63) is 107 Å². The summed E-state index contributed by atoms with van der Waals surface area (Å²) in [4.78, 5) is 15.9. The number of amides is 1. The van der Waals surface area contributed by atoms with Crippen molar-refractivity contribution in [2.45, 2.75) is 38.1 Å². The van der Waals surface area contributed by atoms with Gasteiger partial charge in [-0.2, -0.15) is 9.40 Å². The van der Waals surface area contributed by atoms with E-state index < -0.39 is 10.0 Å². The molecular weight excluding hydrogens is 597 g/mol. The molecular formula is C33H32N4O3S3. The van der Waals surface area contributed by atoms with Gasteiger partial charge in [0.25, 0.3) is 5.91 Å². The van der Waals surface area contributed by atoms with E-state index in [1.165, 1.54) is 11.8 Å². The van der Waals surface area contributed by atoms with Crippen molar-refractivity contribution in [1.82, 2.24) is 19.0 Å². The van der Waals surface area contributed by atoms with Gasteiger partial charge in [0.2, 0.25) is 10.0 Å². The Balaban J connectivity index is 1.37. The Kier molecular flexibility index (Phi) is 8.37. The van der Waals surface area contributed by atoms with Crippen LogP contribution in [-0.2, 0) is 21.4 Å². The van der Waals surface area contributed by atoms with Gasteiger partial charge >= 0.3 is 0 Å². The van der Waals surface area contributed by atoms with Gasteiger partial charge in [-0.1, -0.05) is 91.1 Å². The molecule has 2 aliphatic rings. The molecule has 1 aromatic heterocycles. The second kappa shape index (κ2) is 12.2. The Morgan fingerprint density at radius 1 is 1.05 bits per heavy atom. The third-order valence-electron chi connectivity index (χ3n) is 7.75. The van der Waals surface area contributed by atoms with Gasteiger partial charge in [0.1, 0.15) is 10.0 Å². The SMILES string of the molecule is Cc1ccc(CN2C(=O)/C(=C/c3cn(-c4ccccc4)nc3-c3cccc(S(=O)(=O)N4CCCC(C)C4)c3)SC2=S)cc1. The molecule has 6 rings (SSSR count). The minimum absolute atomic E-state index is 0.162. The minimum Gasteiger partial charge on any atom is -0.288 e. The van der Waals surface area contributed by atoms with Crippen LogP contribution in [0.15, 0.2) is 94.9 Å². The second-order valence-corrected chi connectivity index (χ2v) is 14.7. The molecule has 0 saturated carbocycles. The number of piperidine rings is 1. The van der Waals surface area contributed by atoms with E-state index in [4.69, 9.17) is 17.3 Å². The van der Waals surface area contributed by atoms with Gasteiger partial charge in [0, 0.05) is 30.4 Å². The number of aryl methyl sites for hydroxylation is 1. The second-order valence-electron chi connectivity index (χ2n) is 11.1. The Hall–Kier alpha value is -3.57. The monoisotopic (exact) mass is 628 g/mol. The molecule has 10 heteroatoms. The number of benzene rings is 3. The average Bonchev–Trinajstić information content (AvgIpc) is 3.55. The summed E-state index contributed by atoms with van der Waals surface area (Å²) in [6.07, 6.45) is 5.56. The first kappa shape index (κ1) is 29.5. The van der Waals surface area contributed by atoms with Crippen LogP contribution in [0.3, 0.4) is 0 Å². The van der Waals surface area contributed by atoms with E-state index in [9.17, 15) is 13.2 Å². The lowest BCUT2D eigenvalue weighted by molar-refractivity contribution is -0.122. The molecule has 3 aromatic carbocycles. The fraction of sp³-hybridized carbons (Fsp3) is 0.242. The van der Waals surface area contributed by atoms with Crippen LogP contribution < -0.4 is 0 Å². The number of nitrogens with zero attached hydrogens (tertiary/aromatic N) is 4. The summed E-state index contributed by atoms with van der Waals surface area (Å²) in [5.74, 6) is 0.161. The van der Waals surface area contributed by atoms with Crippen LogP contribution in [-0.4, -0.2) is 50.7 Å². The molecule has 1 amide bonds. The van der Waals surface area contributed by atoms with Crippen molar-refractivity contribution in [3.63, 3.8) is 0 Å². The Morgan fingerprint density at radius 3 is 2.56 bits per heavy atom. The van der Waals surface area contributed by atoms with Gasteiger partial charge in [-0.25, -0.2) is 13.1 Å². The zero-order valence-corrected chi connectivity index (χ0v) is 26.5. The third-order valence-corrected chi connectivity index (χ3v) is 11.0. The summed E-state index contributed by atoms with van der Waals surface area (Å²) in [6.45, 7) is 5.55. The van der Waals surface area contributed by atoms with Crippen LogP contribution in [0.4, 0.5) is 0 Å². The summed E-state index contributed by atoms with van der Waals surface area (Å²) in [7, 11) is -3.66. The molecule has 43 heavy (non-hydrogen) atoms. The lowest BCUT2D eigenvalue weighted by Crippen LogP contribution is -2.39. The summed E-state index contributed by atoms with van der Waals surface area (Å²) in [6, 6.07) is 24.7. The van der Waals surface area contributed by atoms with Crippen LogP contribution in [0.25, 0.3) is 23.0 Å². The van der Waals surface area contributed by atoms with Gasteiger partial charge in [-0.15, -0.1) is 0 Å². The molecule has 1 atom stereocenters. The van der Waals surface area contributed by atoms with Crippen molar-refractivity contribution >= 4 is 50.3 Å². The van der Waals surface area contributed by atoms with Crippen LogP contribution >= 0.6 is 24.0 Å². The van der Waals surface area contributed by atoms with E-state index in [0.29, 0.717) is 51.6 Å². The molecule has 1 unspecified atom stereocenters. The number of thiocarbonyl (C=S) groups is 1. The van der Waals surface area contributed by atoms with Crippen molar-refractivity contribution in [1.29, 1.82) is 0 Å². The van der Waals surface area contributed by atoms with Crippen LogP contribution in [0.1, 0.15) is 36.5 Å². The number of para-hydroxylation sites is 1. The highest BCUT2D eigenvalue weighted by molar-refractivity contribution is 8.26. The highest BCUT2D eigenvalue weighted by Crippen LogP contribution is 2.36. The fourth-order valence-corrected chi connectivity index (χ4v) is 8.29. The number of thioether (sulfide) groups is 1. The van der Waals surface area contributed by atoms with Crippen molar-refractivity contribution in [3.8, 4) is 16.9 Å². The summed E-state index contributed by atoms with van der Waals surface area (Å²) >= 11 is 6.87. The standard InChI is InChI=1S/C33H32N4O3S3/c1-23-13-15-25(16-14-23)21-36-32(38)30(42-33(36)41)19-27-22-37(28-10-4-3-5-11-28)34-31(27)26-9-6-12-29(18-26)43(39,40)35-17-7-8-24(2)20-35/h3-6,9-16,18-19,22,24H,7-8,17,20-21H2,1-2H3/b30-19-. The molecule has 0 aliphatic carbocycles. The van der Waals surface area contributed by atoms with E-state index in [1.807, 2.05) is 79.9 Å². The molecule has 2 saturated heterocycles. The first-order chi connectivity index (χ1) is 20.7. The highest BCUT2D eigenvalue weighted by Gasteiger charge is 2.33. The van der Waals surface area contributed by atoms with E-state index in [2.05, 4.69) is 6.92 Å². The van der Waals surface area contributed by atoms with Gasteiger partial charge < -0.3 is 0 Å². The predicted molar refractivity (Wildman–Crippen MR) is 176 cm³/mol. The Bertz CT molecular complexity index is 1820. The quantitative estimate of drug-likeness (QED) is 0.168. The van der Waals surface area contributed by atoms with Crippen LogP contribution in [0.2, 0.25) is 0 Å². The molecule has 2 aliphatic heterocycles. The maximum Gasteiger partial charge on any atom is 0.266 e. The van der Waals surface area contributed by atoms with Gasteiger partial charge in [-0.3, -0.25) is 9.69 Å². The van der Waals surface area contributed by atoms with Gasteiger partial charge in [0.15, 0.2) is 0 Å². The van der Waals surface area contributed by atoms with Crippen molar-refractivity contribution in [2.24, 2.45) is 5.92 Å². The maximum absolute atomic E-state index is 13.6. The van der Waals surface area contributed by atoms with Crippen LogP contribution in [0.5, 0.6) is 0 Å². The van der Waals surface area contributed by atoms with E-state index in [0.717, 1.165) is 29.7 Å². The first-order valence-corrected chi connectivity index (χ1v) is 16.9. The molecule has 7 nitrogen and oxygen atoms in total. The Morgan fingerprint density at radius 2 is 1.81 bits per heavy atom. The third kappa shape index (κ3) is 6.24. The lowest BCUT2D eigenvalue weighted by Gasteiger charge is -2.30. The van der Waals surface area contributed by atoms with Crippen molar-refractivity contribution < 1.29 is 13.2 Å². The zero-order valence-electron chi connectivity index (χ0n) is 24.0. The molecule has 0 spiro atoms. The molecule has 0 radical (unpaired) electrons. The van der Waals surface area contributed by atoms with Crippen molar-refractivity contribution in [2.75, 3.05) is 13.1 Å². The number of hydrogen-bond donors (Lipinski definition) is 0. The lowest BCUT2D eigenvalue weighted by atomic mass is 10.0. The molecule has 220 valence electrons. The number of aromatic nitrogens is 2. The Labute approximate surface area is 262 Å². The van der Waals surface area contributed by atoms with E-state index in [-0.39, 0.29) is 10.8 Å². The molecule has 3 heterocycles. The first-order valence-electron chi connectivity index (χ1n) is 14.3. The maximum atomic E-state index is 13.6. The molecule has 0 bridgehead atoms. The number of hydrogen-bond acceptors (Lipinski definition) is 6. The van der Waals surface area contributed by atoms with Gasteiger partial charge in [-0.05, 0) is 61.6 Å². The smallest absolute Gasteiger partial charge is 0.266 e. The highest BCUT2D eigenvalue weighted by atomic mass is 32.2. The number of carbonyl (C=O) groups excluding carboxylic acids is 1. The summed E-state index contributed by atoms with van der Waals surface area (Å²) < 4.78 is 31.1. The molecule has 0 N–H and O–H groups in total.